The number of esters is 2. The lowest BCUT2D eigenvalue weighted by molar-refractivity contribution is -0.163. The lowest BCUT2D eigenvalue weighted by atomic mass is 9.88. The molecule has 0 spiro atoms. The third-order valence-electron chi connectivity index (χ3n) is 4.60. The second kappa shape index (κ2) is 10.7. The monoisotopic (exact) mass is 634 g/mol. The van der Waals surface area contributed by atoms with Crippen LogP contribution in [0.25, 0.3) is 0 Å². The van der Waals surface area contributed by atoms with Crippen LogP contribution in [0.4, 0.5) is 39.5 Å². The number of alkyl halides is 9. The third-order valence-corrected chi connectivity index (χ3v) is 9.47. The fourth-order valence-electron chi connectivity index (χ4n) is 2.99. The molecule has 0 aromatic heterocycles. The maximum absolute atomic E-state index is 13.4. The molecular formula is C16H15F9O10S3. The second-order valence-electron chi connectivity index (χ2n) is 6.95. The zero-order chi connectivity index (χ0) is 30.3. The number of allylic oxidation sites excluding steroid dienone is 2. The normalized spacial score (nSPS) is 20.0. The van der Waals surface area contributed by atoms with Gasteiger partial charge in [0.05, 0.1) is 28.9 Å². The van der Waals surface area contributed by atoms with Gasteiger partial charge in [0.2, 0.25) is 0 Å². The molecule has 0 saturated heterocycles. The van der Waals surface area contributed by atoms with Crippen LogP contribution in [0.15, 0.2) is 22.0 Å². The standard InChI is InChI=1S/C16H15F9O10S3/c1-3-34-12(26)11(13(27)35-4-2)10-8(37(30,31)15(20,21)22)5-7(36(28,29)14(17,18)19)6-9(10)38(32,33)16(23,24)25/h5-7,10-11H,3-4H2,1-2H3. The highest BCUT2D eigenvalue weighted by molar-refractivity contribution is 7.97. The highest BCUT2D eigenvalue weighted by Gasteiger charge is 2.62. The molecule has 0 heterocycles. The Morgan fingerprint density at radius 2 is 1.03 bits per heavy atom. The van der Waals surface area contributed by atoms with Crippen molar-refractivity contribution in [3.8, 4) is 0 Å². The van der Waals surface area contributed by atoms with Gasteiger partial charge >= 0.3 is 28.5 Å². The van der Waals surface area contributed by atoms with E-state index < -0.39 is 110 Å². The fraction of sp³-hybridized carbons (Fsp3) is 0.625. The summed E-state index contributed by atoms with van der Waals surface area (Å²) in [5.74, 6) is -11.3. The van der Waals surface area contributed by atoms with Crippen LogP contribution < -0.4 is 0 Å². The van der Waals surface area contributed by atoms with E-state index in [1.807, 2.05) is 0 Å². The molecule has 10 nitrogen and oxygen atoms in total. The molecule has 1 aliphatic carbocycles. The highest BCUT2D eigenvalue weighted by atomic mass is 32.2. The number of ether oxygens (including phenoxy) is 2. The van der Waals surface area contributed by atoms with Crippen molar-refractivity contribution in [2.24, 2.45) is 11.8 Å². The van der Waals surface area contributed by atoms with E-state index in [0.29, 0.717) is 0 Å². The van der Waals surface area contributed by atoms with Crippen molar-refractivity contribution in [2.75, 3.05) is 13.2 Å². The Hall–Kier alpha value is -2.36. The van der Waals surface area contributed by atoms with Crippen LogP contribution in [0.1, 0.15) is 13.8 Å². The van der Waals surface area contributed by atoms with Gasteiger partial charge in [0.1, 0.15) is 5.25 Å². The molecule has 0 saturated carbocycles. The quantitative estimate of drug-likeness (QED) is 0.221. The smallest absolute Gasteiger partial charge is 0.465 e. The summed E-state index contributed by atoms with van der Waals surface area (Å²) in [5.41, 5.74) is -19.7. The van der Waals surface area contributed by atoms with Crippen molar-refractivity contribution >= 4 is 41.5 Å². The van der Waals surface area contributed by atoms with E-state index >= 15 is 0 Å². The van der Waals surface area contributed by atoms with Gasteiger partial charge in [0.15, 0.2) is 5.92 Å². The predicted molar refractivity (Wildman–Crippen MR) is 105 cm³/mol. The third kappa shape index (κ3) is 6.10. The summed E-state index contributed by atoms with van der Waals surface area (Å²) in [6.45, 7) is 0.421. The Kier molecular flexibility index (Phi) is 9.45. The molecule has 0 atom stereocenters. The lowest BCUT2D eigenvalue weighted by Gasteiger charge is -2.32. The minimum atomic E-state index is -7.23. The summed E-state index contributed by atoms with van der Waals surface area (Å²) in [6.07, 6.45) is -1.73. The molecule has 0 bridgehead atoms. The Morgan fingerprint density at radius 1 is 0.711 bits per heavy atom. The van der Waals surface area contributed by atoms with E-state index in [2.05, 4.69) is 9.47 Å². The van der Waals surface area contributed by atoms with Crippen LogP contribution >= 0.6 is 0 Å². The first kappa shape index (κ1) is 33.7. The van der Waals surface area contributed by atoms with Crippen molar-refractivity contribution in [1.82, 2.24) is 0 Å². The van der Waals surface area contributed by atoms with Crippen LogP contribution in [0, 0.1) is 11.8 Å². The highest BCUT2D eigenvalue weighted by Crippen LogP contribution is 2.48. The van der Waals surface area contributed by atoms with Crippen LogP contribution in [0.5, 0.6) is 0 Å². The zero-order valence-electron chi connectivity index (χ0n) is 18.5. The summed E-state index contributed by atoms with van der Waals surface area (Å²) in [6, 6.07) is 0. The Morgan fingerprint density at radius 3 is 1.26 bits per heavy atom. The molecule has 0 aromatic rings. The van der Waals surface area contributed by atoms with E-state index in [0.717, 1.165) is 13.8 Å². The first-order valence-electron chi connectivity index (χ1n) is 9.50. The molecule has 0 N–H and O–H groups in total. The molecule has 0 aliphatic heterocycles. The number of rotatable bonds is 8. The SMILES string of the molecule is CCOC(=O)C(C(=O)OCC)C1C(S(=O)(=O)C(F)(F)F)=CC(S(=O)(=O)C(F)(F)F)C=C1S(=O)(=O)C(F)(F)F. The van der Waals surface area contributed by atoms with Crippen LogP contribution in [-0.4, -0.2) is 72.2 Å². The Labute approximate surface area is 208 Å². The van der Waals surface area contributed by atoms with Crippen LogP contribution in [0.2, 0.25) is 0 Å². The maximum atomic E-state index is 13.4. The van der Waals surface area contributed by atoms with Gasteiger partial charge in [-0.2, -0.15) is 39.5 Å². The molecule has 0 amide bonds. The number of carbonyl (C=O) groups is 2. The fourth-order valence-corrected chi connectivity index (χ4v) is 6.58. The second-order valence-corrected chi connectivity index (χ2v) is 12.9. The van der Waals surface area contributed by atoms with Gasteiger partial charge in [-0.1, -0.05) is 0 Å². The summed E-state index contributed by atoms with van der Waals surface area (Å²) >= 11 is 0. The van der Waals surface area contributed by atoms with Crippen molar-refractivity contribution in [3.63, 3.8) is 0 Å². The van der Waals surface area contributed by atoms with Gasteiger partial charge in [-0.15, -0.1) is 0 Å². The molecular weight excluding hydrogens is 619 g/mol. The van der Waals surface area contributed by atoms with E-state index in [-0.39, 0.29) is 0 Å². The Balaban J connectivity index is 4.43. The summed E-state index contributed by atoms with van der Waals surface area (Å²) in [4.78, 5) is 19.3. The van der Waals surface area contributed by atoms with Gasteiger partial charge in [-0.05, 0) is 26.0 Å². The van der Waals surface area contributed by atoms with E-state index in [1.54, 1.807) is 0 Å². The molecule has 0 radical (unpaired) electrons. The molecule has 0 aromatic carbocycles. The van der Waals surface area contributed by atoms with Crippen molar-refractivity contribution in [1.29, 1.82) is 0 Å². The number of hydrogen-bond donors (Lipinski definition) is 0. The molecule has 220 valence electrons. The topological polar surface area (TPSA) is 155 Å². The van der Waals surface area contributed by atoms with Crippen molar-refractivity contribution < 1.29 is 83.8 Å². The van der Waals surface area contributed by atoms with E-state index in [1.165, 1.54) is 0 Å². The zero-order valence-corrected chi connectivity index (χ0v) is 21.0. The van der Waals surface area contributed by atoms with Crippen LogP contribution in [-0.2, 0) is 48.6 Å². The Bertz CT molecular complexity index is 1260. The van der Waals surface area contributed by atoms with Gasteiger partial charge < -0.3 is 9.47 Å². The van der Waals surface area contributed by atoms with Crippen molar-refractivity contribution in [3.05, 3.63) is 22.0 Å². The number of carbonyl (C=O) groups excluding carboxylic acids is 2. The first-order valence-corrected chi connectivity index (χ1v) is 14.0. The van der Waals surface area contributed by atoms with Gasteiger partial charge in [0, 0.05) is 0 Å². The molecule has 1 aliphatic rings. The largest absolute Gasteiger partial charge is 0.501 e. The van der Waals surface area contributed by atoms with E-state index in [4.69, 9.17) is 0 Å². The molecule has 0 unspecified atom stereocenters. The number of halogens is 9. The number of hydrogen-bond acceptors (Lipinski definition) is 10. The molecule has 0 fully saturated rings. The van der Waals surface area contributed by atoms with Gasteiger partial charge in [-0.3, -0.25) is 9.59 Å². The number of sulfone groups is 3. The van der Waals surface area contributed by atoms with E-state index in [9.17, 15) is 74.4 Å². The predicted octanol–water partition coefficient (Wildman–Crippen LogP) is 2.30. The summed E-state index contributed by atoms with van der Waals surface area (Å²) in [5, 5.41) is -3.79. The minimum absolute atomic E-state index is 0.775. The van der Waals surface area contributed by atoms with Crippen LogP contribution in [0.3, 0.4) is 0 Å². The lowest BCUT2D eigenvalue weighted by Crippen LogP contribution is -2.46. The molecule has 38 heavy (non-hydrogen) atoms. The maximum Gasteiger partial charge on any atom is 0.501 e. The molecule has 1 rings (SSSR count). The average molecular weight is 634 g/mol. The van der Waals surface area contributed by atoms with Gasteiger partial charge in [0.25, 0.3) is 29.5 Å². The van der Waals surface area contributed by atoms with Crippen molar-refractivity contribution in [2.45, 2.75) is 35.6 Å². The molecule has 22 heteroatoms. The summed E-state index contributed by atoms with van der Waals surface area (Å²) < 4.78 is 201. The minimum Gasteiger partial charge on any atom is -0.465 e. The summed E-state index contributed by atoms with van der Waals surface area (Å²) in [7, 11) is -21.4. The average Bonchev–Trinajstić information content (AvgIpc) is 2.71. The van der Waals surface area contributed by atoms with Gasteiger partial charge in [-0.25, -0.2) is 25.3 Å². The first-order chi connectivity index (χ1) is 16.8.